The summed E-state index contributed by atoms with van der Waals surface area (Å²) in [5.41, 5.74) is 10.1. The molecule has 2 aromatic rings. The second-order valence-corrected chi connectivity index (χ2v) is 8.16. The Morgan fingerprint density at radius 1 is 1.21 bits per heavy atom. The lowest BCUT2D eigenvalue weighted by atomic mass is 9.90. The van der Waals surface area contributed by atoms with Crippen LogP contribution in [0, 0.1) is 5.92 Å². The first-order chi connectivity index (χ1) is 11.6. The molecule has 4 heteroatoms. The van der Waals surface area contributed by atoms with Crippen LogP contribution in [0.1, 0.15) is 40.6 Å². The Balaban J connectivity index is 1.55. The van der Waals surface area contributed by atoms with E-state index >= 15 is 0 Å². The summed E-state index contributed by atoms with van der Waals surface area (Å²) in [6.07, 6.45) is 4.17. The SMILES string of the molecule is CC(N)C1CCN(C(=O)c2cc3c(s2)-c2ccccc2CC3)CC1. The van der Waals surface area contributed by atoms with Crippen LogP contribution in [0.25, 0.3) is 10.4 Å². The molecule has 1 aromatic heterocycles. The van der Waals surface area contributed by atoms with E-state index in [1.807, 2.05) is 4.90 Å². The fourth-order valence-electron chi connectivity index (χ4n) is 3.96. The predicted octanol–water partition coefficient (Wildman–Crippen LogP) is 3.71. The van der Waals surface area contributed by atoms with Gasteiger partial charge < -0.3 is 10.6 Å². The van der Waals surface area contributed by atoms with Crippen molar-refractivity contribution >= 4 is 17.2 Å². The molecule has 1 fully saturated rings. The average Bonchev–Trinajstić information content (AvgIpc) is 3.06. The average molecular weight is 340 g/mol. The fourth-order valence-corrected chi connectivity index (χ4v) is 5.20. The van der Waals surface area contributed by atoms with E-state index in [2.05, 4.69) is 37.3 Å². The Morgan fingerprint density at radius 2 is 1.92 bits per heavy atom. The number of fused-ring (bicyclic) bond motifs is 3. The van der Waals surface area contributed by atoms with Crippen LogP contribution in [0.15, 0.2) is 30.3 Å². The van der Waals surface area contributed by atoms with Crippen molar-refractivity contribution in [2.75, 3.05) is 13.1 Å². The number of hydrogen-bond donors (Lipinski definition) is 1. The summed E-state index contributed by atoms with van der Waals surface area (Å²) in [4.78, 5) is 17.1. The number of carbonyl (C=O) groups is 1. The molecule has 0 radical (unpaired) electrons. The minimum absolute atomic E-state index is 0.204. The molecule has 1 amide bonds. The van der Waals surface area contributed by atoms with Gasteiger partial charge in [0, 0.05) is 24.0 Å². The number of nitrogens with zero attached hydrogens (tertiary/aromatic N) is 1. The Morgan fingerprint density at radius 3 is 2.67 bits per heavy atom. The number of rotatable bonds is 2. The molecule has 4 rings (SSSR count). The minimum atomic E-state index is 0.204. The smallest absolute Gasteiger partial charge is 0.263 e. The molecule has 1 saturated heterocycles. The van der Waals surface area contributed by atoms with E-state index in [0.29, 0.717) is 5.92 Å². The Hall–Kier alpha value is -1.65. The molecule has 2 aliphatic rings. The summed E-state index contributed by atoms with van der Waals surface area (Å²) < 4.78 is 0. The highest BCUT2D eigenvalue weighted by molar-refractivity contribution is 7.17. The van der Waals surface area contributed by atoms with Crippen LogP contribution in [-0.4, -0.2) is 29.9 Å². The topological polar surface area (TPSA) is 46.3 Å². The Labute approximate surface area is 147 Å². The van der Waals surface area contributed by atoms with Gasteiger partial charge in [0.2, 0.25) is 0 Å². The van der Waals surface area contributed by atoms with Crippen molar-refractivity contribution in [1.82, 2.24) is 4.90 Å². The summed E-state index contributed by atoms with van der Waals surface area (Å²) in [6, 6.07) is 11.0. The molecule has 3 nitrogen and oxygen atoms in total. The number of thiophene rings is 1. The van der Waals surface area contributed by atoms with Crippen LogP contribution in [0.2, 0.25) is 0 Å². The molecule has 0 saturated carbocycles. The third kappa shape index (κ3) is 2.78. The molecule has 1 aliphatic heterocycles. The maximum Gasteiger partial charge on any atom is 0.263 e. The zero-order valence-corrected chi connectivity index (χ0v) is 14.9. The van der Waals surface area contributed by atoms with Crippen LogP contribution in [-0.2, 0) is 12.8 Å². The van der Waals surface area contributed by atoms with E-state index in [1.54, 1.807) is 11.3 Å². The lowest BCUT2D eigenvalue weighted by Crippen LogP contribution is -2.42. The minimum Gasteiger partial charge on any atom is -0.338 e. The van der Waals surface area contributed by atoms with Gasteiger partial charge in [0.15, 0.2) is 0 Å². The van der Waals surface area contributed by atoms with Gasteiger partial charge in [-0.25, -0.2) is 0 Å². The molecule has 1 aliphatic carbocycles. The van der Waals surface area contributed by atoms with Crippen molar-refractivity contribution in [3.05, 3.63) is 46.3 Å². The van der Waals surface area contributed by atoms with Gasteiger partial charge in [-0.05, 0) is 61.3 Å². The van der Waals surface area contributed by atoms with E-state index in [9.17, 15) is 4.79 Å². The lowest BCUT2D eigenvalue weighted by molar-refractivity contribution is 0.0686. The molecule has 2 N–H and O–H groups in total. The van der Waals surface area contributed by atoms with Crippen LogP contribution >= 0.6 is 11.3 Å². The Bertz CT molecular complexity index is 757. The largest absolute Gasteiger partial charge is 0.338 e. The van der Waals surface area contributed by atoms with E-state index < -0.39 is 0 Å². The van der Waals surface area contributed by atoms with Crippen molar-refractivity contribution < 1.29 is 4.79 Å². The van der Waals surface area contributed by atoms with E-state index in [1.165, 1.54) is 21.6 Å². The number of amides is 1. The highest BCUT2D eigenvalue weighted by Crippen LogP contribution is 2.40. The van der Waals surface area contributed by atoms with E-state index in [0.717, 1.165) is 43.6 Å². The van der Waals surface area contributed by atoms with Crippen molar-refractivity contribution in [2.45, 2.75) is 38.6 Å². The van der Waals surface area contributed by atoms with Crippen LogP contribution < -0.4 is 5.73 Å². The third-order valence-electron chi connectivity index (χ3n) is 5.52. The van der Waals surface area contributed by atoms with Gasteiger partial charge in [0.05, 0.1) is 4.88 Å². The molecule has 1 aromatic carbocycles. The second kappa shape index (κ2) is 6.34. The van der Waals surface area contributed by atoms with Crippen molar-refractivity contribution in [3.8, 4) is 10.4 Å². The van der Waals surface area contributed by atoms with Crippen molar-refractivity contribution in [1.29, 1.82) is 0 Å². The summed E-state index contributed by atoms with van der Waals surface area (Å²) in [5.74, 6) is 0.757. The lowest BCUT2D eigenvalue weighted by Gasteiger charge is -2.33. The molecule has 24 heavy (non-hydrogen) atoms. The summed E-state index contributed by atoms with van der Waals surface area (Å²) in [6.45, 7) is 3.75. The molecular formula is C20H24N2OS. The number of nitrogens with two attached hydrogens (primary N) is 1. The van der Waals surface area contributed by atoms with Gasteiger partial charge in [0.1, 0.15) is 0 Å². The fraction of sp³-hybridized carbons (Fsp3) is 0.450. The van der Waals surface area contributed by atoms with Gasteiger partial charge in [-0.2, -0.15) is 0 Å². The number of piperidine rings is 1. The summed E-state index contributed by atoms with van der Waals surface area (Å²) >= 11 is 1.67. The van der Waals surface area contributed by atoms with Crippen molar-refractivity contribution in [3.63, 3.8) is 0 Å². The summed E-state index contributed by atoms with van der Waals surface area (Å²) in [5, 5.41) is 0. The monoisotopic (exact) mass is 340 g/mol. The van der Waals surface area contributed by atoms with Crippen LogP contribution in [0.5, 0.6) is 0 Å². The van der Waals surface area contributed by atoms with Crippen LogP contribution in [0.3, 0.4) is 0 Å². The first-order valence-corrected chi connectivity index (χ1v) is 9.71. The van der Waals surface area contributed by atoms with Gasteiger partial charge in [-0.3, -0.25) is 4.79 Å². The molecule has 1 unspecified atom stereocenters. The maximum absolute atomic E-state index is 12.9. The molecule has 0 spiro atoms. The number of likely N-dealkylation sites (tertiary alicyclic amines) is 1. The number of aryl methyl sites for hydroxylation is 2. The number of hydrogen-bond acceptors (Lipinski definition) is 3. The third-order valence-corrected chi connectivity index (χ3v) is 6.71. The molecule has 1 atom stereocenters. The van der Waals surface area contributed by atoms with Gasteiger partial charge >= 0.3 is 0 Å². The zero-order valence-electron chi connectivity index (χ0n) is 14.1. The van der Waals surface area contributed by atoms with E-state index in [4.69, 9.17) is 5.73 Å². The highest BCUT2D eigenvalue weighted by atomic mass is 32.1. The van der Waals surface area contributed by atoms with Crippen molar-refractivity contribution in [2.24, 2.45) is 11.7 Å². The standard InChI is InChI=1S/C20H24N2OS/c1-13(21)14-8-10-22(11-9-14)20(23)18-12-16-7-6-15-4-2-3-5-17(15)19(16)24-18/h2-5,12-14H,6-11,21H2,1H3. The molecular weight excluding hydrogens is 316 g/mol. The van der Waals surface area contributed by atoms with Gasteiger partial charge in [-0.1, -0.05) is 24.3 Å². The summed E-state index contributed by atoms with van der Waals surface area (Å²) in [7, 11) is 0. The number of benzene rings is 1. The normalized spacial score (nSPS) is 18.8. The second-order valence-electron chi connectivity index (χ2n) is 7.11. The maximum atomic E-state index is 12.9. The predicted molar refractivity (Wildman–Crippen MR) is 99.4 cm³/mol. The quantitative estimate of drug-likeness (QED) is 0.906. The Kier molecular flexibility index (Phi) is 4.19. The van der Waals surface area contributed by atoms with E-state index in [-0.39, 0.29) is 11.9 Å². The molecule has 0 bridgehead atoms. The first-order valence-electron chi connectivity index (χ1n) is 8.89. The molecule has 126 valence electrons. The first kappa shape index (κ1) is 15.9. The van der Waals surface area contributed by atoms with Gasteiger partial charge in [0.25, 0.3) is 5.91 Å². The zero-order chi connectivity index (χ0) is 16.7. The number of carbonyl (C=O) groups excluding carboxylic acids is 1. The highest BCUT2D eigenvalue weighted by Gasteiger charge is 2.28. The molecule has 2 heterocycles. The van der Waals surface area contributed by atoms with Crippen LogP contribution in [0.4, 0.5) is 0 Å². The van der Waals surface area contributed by atoms with Gasteiger partial charge in [-0.15, -0.1) is 11.3 Å².